The lowest BCUT2D eigenvalue weighted by Crippen LogP contribution is -2.06. The van der Waals surface area contributed by atoms with E-state index in [0.29, 0.717) is 11.5 Å². The van der Waals surface area contributed by atoms with Crippen LogP contribution in [0.5, 0.6) is 0 Å². The fourth-order valence-corrected chi connectivity index (χ4v) is 3.28. The van der Waals surface area contributed by atoms with E-state index in [-0.39, 0.29) is 5.91 Å². The highest BCUT2D eigenvalue weighted by atomic mass is 16.1. The van der Waals surface area contributed by atoms with Crippen LogP contribution in [0, 0.1) is 0 Å². The van der Waals surface area contributed by atoms with Crippen LogP contribution in [0.3, 0.4) is 0 Å². The molecule has 8 heteroatoms. The molecule has 146 valence electrons. The number of benzene rings is 2. The Morgan fingerprint density at radius 3 is 2.57 bits per heavy atom. The Kier molecular flexibility index (Phi) is 4.29. The van der Waals surface area contributed by atoms with Gasteiger partial charge in [-0.05, 0) is 35.9 Å². The molecular formula is C22H17N7O. The van der Waals surface area contributed by atoms with E-state index in [9.17, 15) is 4.79 Å². The van der Waals surface area contributed by atoms with Gasteiger partial charge >= 0.3 is 0 Å². The number of nitrogens with zero attached hydrogens (tertiary/aromatic N) is 5. The highest BCUT2D eigenvalue weighted by Crippen LogP contribution is 2.25. The van der Waals surface area contributed by atoms with Gasteiger partial charge in [0.2, 0.25) is 5.91 Å². The highest BCUT2D eigenvalue weighted by molar-refractivity contribution is 5.91. The number of H-pyrrole nitrogens is 1. The second kappa shape index (κ2) is 7.25. The predicted octanol–water partition coefficient (Wildman–Crippen LogP) is 3.83. The fraction of sp³-hybridized carbons (Fsp3) is 0.0455. The number of carbonyl (C=O) groups is 1. The number of fused-ring (bicyclic) bond motifs is 1. The number of nitrogens with one attached hydrogen (secondary N) is 2. The lowest BCUT2D eigenvalue weighted by Gasteiger charge is -2.05. The van der Waals surface area contributed by atoms with Crippen LogP contribution in [0.1, 0.15) is 6.92 Å². The Hall–Kier alpha value is -4.33. The van der Waals surface area contributed by atoms with Crippen molar-refractivity contribution in [3.8, 4) is 28.2 Å². The average molecular weight is 395 g/mol. The van der Waals surface area contributed by atoms with Crippen LogP contribution < -0.4 is 5.32 Å². The summed E-state index contributed by atoms with van der Waals surface area (Å²) in [7, 11) is 0. The van der Waals surface area contributed by atoms with Crippen molar-refractivity contribution in [3.63, 3.8) is 0 Å². The van der Waals surface area contributed by atoms with Gasteiger partial charge in [-0.3, -0.25) is 9.89 Å². The van der Waals surface area contributed by atoms with Gasteiger partial charge < -0.3 is 5.32 Å². The molecule has 0 fully saturated rings. The molecule has 2 N–H and O–H groups in total. The zero-order valence-electron chi connectivity index (χ0n) is 16.1. The molecule has 8 nitrogen and oxygen atoms in total. The summed E-state index contributed by atoms with van der Waals surface area (Å²) in [4.78, 5) is 15.4. The van der Waals surface area contributed by atoms with Crippen LogP contribution in [-0.2, 0) is 4.79 Å². The third kappa shape index (κ3) is 3.30. The molecular weight excluding hydrogens is 378 g/mol. The first kappa shape index (κ1) is 17.7. The van der Waals surface area contributed by atoms with E-state index in [1.165, 1.54) is 6.92 Å². The molecule has 0 saturated carbocycles. The minimum atomic E-state index is -0.144. The lowest BCUT2D eigenvalue weighted by molar-refractivity contribution is -0.114. The lowest BCUT2D eigenvalue weighted by atomic mass is 10.1. The Morgan fingerprint density at radius 2 is 1.80 bits per heavy atom. The van der Waals surface area contributed by atoms with E-state index in [4.69, 9.17) is 0 Å². The van der Waals surface area contributed by atoms with Gasteiger partial charge in [0.05, 0.1) is 17.4 Å². The summed E-state index contributed by atoms with van der Waals surface area (Å²) in [5.74, 6) is 0.388. The average Bonchev–Trinajstić information content (AvgIpc) is 3.41. The Morgan fingerprint density at radius 1 is 1.00 bits per heavy atom. The number of pyridine rings is 1. The normalized spacial score (nSPS) is 11.0. The molecule has 0 bridgehead atoms. The molecule has 3 heterocycles. The van der Waals surface area contributed by atoms with Gasteiger partial charge in [-0.1, -0.05) is 35.5 Å². The molecule has 0 aliphatic rings. The monoisotopic (exact) mass is 395 g/mol. The number of rotatable bonds is 4. The van der Waals surface area contributed by atoms with E-state index in [1.807, 2.05) is 60.8 Å². The van der Waals surface area contributed by atoms with Crippen molar-refractivity contribution < 1.29 is 4.79 Å². The van der Waals surface area contributed by atoms with Crippen molar-refractivity contribution in [1.29, 1.82) is 0 Å². The predicted molar refractivity (Wildman–Crippen MR) is 114 cm³/mol. The first-order valence-corrected chi connectivity index (χ1v) is 9.38. The maximum absolute atomic E-state index is 11.1. The van der Waals surface area contributed by atoms with Crippen LogP contribution >= 0.6 is 0 Å². The standard InChI is InChI=1S/C22H17N7O/c1-14(30)24-21-11-8-16(12-23-21)15-6-9-17(10-7-15)29-13-20(26-28-29)22-18-4-2-3-5-19(18)25-27-22/h2-13H,1H3,(H,25,27)(H,23,24,30). The minimum absolute atomic E-state index is 0.144. The van der Waals surface area contributed by atoms with E-state index < -0.39 is 0 Å². The summed E-state index contributed by atoms with van der Waals surface area (Å²) in [5, 5.41) is 19.6. The molecule has 3 aromatic heterocycles. The van der Waals surface area contributed by atoms with Crippen LogP contribution in [0.2, 0.25) is 0 Å². The first-order valence-electron chi connectivity index (χ1n) is 9.38. The molecule has 0 aliphatic carbocycles. The molecule has 1 amide bonds. The van der Waals surface area contributed by atoms with Gasteiger partial charge in [0.1, 0.15) is 17.2 Å². The Balaban J connectivity index is 1.39. The molecule has 0 radical (unpaired) electrons. The summed E-state index contributed by atoms with van der Waals surface area (Å²) in [6.45, 7) is 1.46. The Bertz CT molecular complexity index is 1330. The van der Waals surface area contributed by atoms with E-state index >= 15 is 0 Å². The third-order valence-electron chi connectivity index (χ3n) is 4.74. The summed E-state index contributed by atoms with van der Waals surface area (Å²) < 4.78 is 1.72. The van der Waals surface area contributed by atoms with Crippen LogP contribution in [0.25, 0.3) is 39.1 Å². The zero-order valence-corrected chi connectivity index (χ0v) is 16.1. The number of hydrogen-bond donors (Lipinski definition) is 2. The number of aromatic nitrogens is 6. The largest absolute Gasteiger partial charge is 0.311 e. The van der Waals surface area contributed by atoms with Crippen molar-refractivity contribution in [3.05, 3.63) is 73.1 Å². The number of hydrogen-bond acceptors (Lipinski definition) is 5. The van der Waals surface area contributed by atoms with Gasteiger partial charge in [-0.15, -0.1) is 5.10 Å². The minimum Gasteiger partial charge on any atom is -0.311 e. The number of para-hydroxylation sites is 1. The molecule has 0 saturated heterocycles. The third-order valence-corrected chi connectivity index (χ3v) is 4.74. The summed E-state index contributed by atoms with van der Waals surface area (Å²) in [6, 6.07) is 19.6. The van der Waals surface area contributed by atoms with Gasteiger partial charge in [0.15, 0.2) is 0 Å². The zero-order chi connectivity index (χ0) is 20.5. The van der Waals surface area contributed by atoms with Crippen LogP contribution in [0.4, 0.5) is 5.82 Å². The quantitative estimate of drug-likeness (QED) is 0.482. The topological polar surface area (TPSA) is 101 Å². The second-order valence-electron chi connectivity index (χ2n) is 6.83. The number of carbonyl (C=O) groups excluding carboxylic acids is 1. The smallest absolute Gasteiger partial charge is 0.222 e. The number of aromatic amines is 1. The molecule has 0 unspecified atom stereocenters. The molecule has 2 aromatic carbocycles. The van der Waals surface area contributed by atoms with Crippen molar-refractivity contribution in [2.75, 3.05) is 5.32 Å². The molecule has 5 aromatic rings. The summed E-state index contributed by atoms with van der Waals surface area (Å²) >= 11 is 0. The SMILES string of the molecule is CC(=O)Nc1ccc(-c2ccc(-n3cc(-c4n[nH]c5ccccc45)nn3)cc2)cn1. The van der Waals surface area contributed by atoms with Gasteiger partial charge in [-0.25, -0.2) is 9.67 Å². The van der Waals surface area contributed by atoms with Crippen molar-refractivity contribution >= 4 is 22.6 Å². The van der Waals surface area contributed by atoms with Gasteiger partial charge in [0, 0.05) is 24.1 Å². The Labute approximate surface area is 171 Å². The second-order valence-corrected chi connectivity index (χ2v) is 6.83. The number of amides is 1. The van der Waals surface area contributed by atoms with E-state index in [1.54, 1.807) is 16.9 Å². The first-order chi connectivity index (χ1) is 14.7. The maximum atomic E-state index is 11.1. The van der Waals surface area contributed by atoms with E-state index in [2.05, 4.69) is 30.8 Å². The maximum Gasteiger partial charge on any atom is 0.222 e. The van der Waals surface area contributed by atoms with Crippen molar-refractivity contribution in [2.45, 2.75) is 6.92 Å². The molecule has 0 spiro atoms. The summed E-state index contributed by atoms with van der Waals surface area (Å²) in [6.07, 6.45) is 3.60. The van der Waals surface area contributed by atoms with Crippen molar-refractivity contribution in [2.24, 2.45) is 0 Å². The molecule has 0 atom stereocenters. The van der Waals surface area contributed by atoms with Crippen LogP contribution in [-0.4, -0.2) is 36.1 Å². The van der Waals surface area contributed by atoms with Crippen molar-refractivity contribution in [1.82, 2.24) is 30.2 Å². The van der Waals surface area contributed by atoms with Crippen LogP contribution in [0.15, 0.2) is 73.1 Å². The number of anilines is 1. The van der Waals surface area contributed by atoms with E-state index in [0.717, 1.165) is 33.4 Å². The highest BCUT2D eigenvalue weighted by Gasteiger charge is 2.12. The van der Waals surface area contributed by atoms with Gasteiger partial charge in [0.25, 0.3) is 0 Å². The molecule has 5 rings (SSSR count). The molecule has 30 heavy (non-hydrogen) atoms. The fourth-order valence-electron chi connectivity index (χ4n) is 3.28. The summed E-state index contributed by atoms with van der Waals surface area (Å²) in [5.41, 5.74) is 5.30. The molecule has 0 aliphatic heterocycles. The van der Waals surface area contributed by atoms with Gasteiger partial charge in [-0.2, -0.15) is 5.10 Å².